The SMILES string of the molecule is CCC(C)C(C(CC(=O)N1CCCC1C(OC)C(C)C(=O)NC(C)C(OC1CC(C(=O)O)C(O)C(O)C1O)c1ccccc1)OC)N(C)C(=O)C(NC(=O)C(C(C)C)N(C)C(=O)OCc1ccc(NC(=O)C(COC2OC(CO)C(O)C(O)C2O)NC(=O)C(NC(=O)CCNC(=O)CN2C(=O)C=CC2=O)C(C)C)cc1)C(C)C. The standard InChI is InChI=1S/C77H116N10O26/c1-15-41(8)61(50(108-13)33-57(93)86-31-19-22-49(86)68(109-14)42(9)70(100)79-43(10)69(45-20-17-16-18-21-45)112-51-32-47(75(105)106)62(94)65(97)63(51)95)84(11)74(104)59(39(4)5)83-73(103)60(40(6)7)85(12)77(107)111-36-44-23-25-46(26-24-44)80-71(101)48(37-110-76-67(99)66(98)64(96)52(35-88)113-76)81-72(102)58(38(2)3)82-53(89)29-30-78-54(90)34-87-55(91)27-28-56(87)92/h16-18,20-21,23-28,38-43,47-52,58-69,76,88,94-99H,15,19,22,29-37H2,1-14H3,(H,78,90)(H,79,100)(H,80,101)(H,81,102)(H,82,89)(H,83,103)(H,105,106). The van der Waals surface area contributed by atoms with Gasteiger partial charge in [-0.2, -0.15) is 0 Å². The predicted molar refractivity (Wildman–Crippen MR) is 402 cm³/mol. The van der Waals surface area contributed by atoms with Crippen molar-refractivity contribution >= 4 is 76.8 Å². The number of hydrogen-bond donors (Lipinski definition) is 14. The number of carboxylic acids is 1. The lowest BCUT2D eigenvalue weighted by Crippen LogP contribution is -2.60. The Balaban J connectivity index is 1.07. The minimum atomic E-state index is -1.89. The molecule has 630 valence electrons. The molecule has 3 aliphatic heterocycles. The molecule has 2 saturated heterocycles. The Labute approximate surface area is 657 Å². The van der Waals surface area contributed by atoms with Gasteiger partial charge in [0.25, 0.3) is 11.8 Å². The van der Waals surface area contributed by atoms with Gasteiger partial charge in [0.15, 0.2) is 6.29 Å². The summed E-state index contributed by atoms with van der Waals surface area (Å²) in [4.78, 5) is 167. The van der Waals surface area contributed by atoms with E-state index in [-0.39, 0.29) is 49.9 Å². The van der Waals surface area contributed by atoms with Crippen molar-refractivity contribution in [3.63, 3.8) is 0 Å². The molecular formula is C77H116N10O26. The maximum atomic E-state index is 15.0. The quantitative estimate of drug-likeness (QED) is 0.0355. The molecule has 113 heavy (non-hydrogen) atoms. The van der Waals surface area contributed by atoms with Crippen LogP contribution in [-0.2, 0) is 87.8 Å². The van der Waals surface area contributed by atoms with Crippen LogP contribution in [0.2, 0.25) is 0 Å². The molecule has 0 aromatic heterocycles. The van der Waals surface area contributed by atoms with Crippen molar-refractivity contribution in [3.8, 4) is 0 Å². The number of imide groups is 1. The molecule has 36 heteroatoms. The lowest BCUT2D eigenvalue weighted by Gasteiger charge is -2.41. The minimum Gasteiger partial charge on any atom is -0.481 e. The molecular weight excluding hydrogens is 1480 g/mol. The van der Waals surface area contributed by atoms with E-state index in [9.17, 15) is 98.4 Å². The van der Waals surface area contributed by atoms with Crippen LogP contribution >= 0.6 is 0 Å². The van der Waals surface area contributed by atoms with E-state index in [0.717, 1.165) is 17.1 Å². The maximum Gasteiger partial charge on any atom is 0.410 e. The summed E-state index contributed by atoms with van der Waals surface area (Å²) in [6, 6.07) is 7.17. The average Bonchev–Trinajstić information content (AvgIpc) is 1.62. The molecule has 3 heterocycles. The fraction of sp³-hybridized carbons (Fsp3) is 0.662. The fourth-order valence-electron chi connectivity index (χ4n) is 14.5. The molecule has 4 aliphatic rings. The Bertz CT molecular complexity index is 3570. The molecule has 6 rings (SSSR count). The van der Waals surface area contributed by atoms with E-state index in [2.05, 4.69) is 31.9 Å². The first-order valence-electron chi connectivity index (χ1n) is 38.1. The summed E-state index contributed by atoms with van der Waals surface area (Å²) in [5.74, 6) is -12.2. The smallest absolute Gasteiger partial charge is 0.410 e. The number of nitrogens with one attached hydrogen (secondary N) is 6. The van der Waals surface area contributed by atoms with Gasteiger partial charge in [-0.05, 0) is 73.1 Å². The summed E-state index contributed by atoms with van der Waals surface area (Å²) in [5.41, 5.74) is 1.12. The molecule has 1 aliphatic carbocycles. The van der Waals surface area contributed by atoms with Crippen LogP contribution in [0.5, 0.6) is 0 Å². The first-order valence-corrected chi connectivity index (χ1v) is 38.1. The molecule has 36 nitrogen and oxygen atoms in total. The van der Waals surface area contributed by atoms with E-state index in [1.165, 1.54) is 50.4 Å². The van der Waals surface area contributed by atoms with Gasteiger partial charge in [0, 0.05) is 65.7 Å². The number of aliphatic hydroxyl groups is 7. The van der Waals surface area contributed by atoms with Crippen LogP contribution < -0.4 is 31.9 Å². The summed E-state index contributed by atoms with van der Waals surface area (Å²) in [7, 11) is 5.84. The van der Waals surface area contributed by atoms with Gasteiger partial charge in [-0.1, -0.05) is 111 Å². The van der Waals surface area contributed by atoms with Crippen LogP contribution in [0.4, 0.5) is 10.5 Å². The number of likely N-dealkylation sites (N-methyl/N-ethyl adjacent to an activating group) is 2. The number of carboxylic acid groups (broad SMARTS) is 1. The first kappa shape index (κ1) is 93.2. The van der Waals surface area contributed by atoms with Crippen molar-refractivity contribution in [1.29, 1.82) is 0 Å². The zero-order valence-corrected chi connectivity index (χ0v) is 66.5. The number of aliphatic hydroxyl groups excluding tert-OH is 7. The molecule has 22 atom stereocenters. The molecule has 0 bridgehead atoms. The van der Waals surface area contributed by atoms with Gasteiger partial charge < -0.3 is 111 Å². The number of amides is 11. The fourth-order valence-corrected chi connectivity index (χ4v) is 14.5. The third-order valence-corrected chi connectivity index (χ3v) is 21.3. The van der Waals surface area contributed by atoms with E-state index in [4.69, 9.17) is 28.4 Å². The van der Waals surface area contributed by atoms with E-state index in [0.29, 0.717) is 41.8 Å². The highest BCUT2D eigenvalue weighted by Crippen LogP contribution is 2.35. The van der Waals surface area contributed by atoms with E-state index >= 15 is 0 Å². The summed E-state index contributed by atoms with van der Waals surface area (Å²) >= 11 is 0. The third-order valence-electron chi connectivity index (χ3n) is 21.3. The number of carbonyl (C=O) groups is 12. The van der Waals surface area contributed by atoms with E-state index in [1.807, 2.05) is 13.8 Å². The molecule has 11 amide bonds. The minimum absolute atomic E-state index is 0.142. The van der Waals surface area contributed by atoms with Gasteiger partial charge in [-0.25, -0.2) is 4.79 Å². The van der Waals surface area contributed by atoms with Gasteiger partial charge in [0.2, 0.25) is 47.3 Å². The molecule has 14 N–H and O–H groups in total. The van der Waals surface area contributed by atoms with Crippen molar-refractivity contribution in [2.45, 2.75) is 230 Å². The van der Waals surface area contributed by atoms with Gasteiger partial charge in [-0.3, -0.25) is 62.5 Å². The van der Waals surface area contributed by atoms with Gasteiger partial charge in [0.1, 0.15) is 80.0 Å². The highest BCUT2D eigenvalue weighted by atomic mass is 16.7. The van der Waals surface area contributed by atoms with Gasteiger partial charge in [-0.15, -0.1) is 0 Å². The second kappa shape index (κ2) is 43.2. The monoisotopic (exact) mass is 1600 g/mol. The number of benzene rings is 2. The van der Waals surface area contributed by atoms with Gasteiger partial charge >= 0.3 is 12.1 Å². The second-order valence-electron chi connectivity index (χ2n) is 30.4. The summed E-state index contributed by atoms with van der Waals surface area (Å²) in [5, 5.41) is 99.2. The molecule has 1 saturated carbocycles. The first-order chi connectivity index (χ1) is 53.3. The number of aliphatic carboxylic acids is 1. The zero-order chi connectivity index (χ0) is 84.2. The van der Waals surface area contributed by atoms with E-state index < -0.39 is 230 Å². The molecule has 0 radical (unpaired) electrons. The number of hydrogen-bond acceptors (Lipinski definition) is 25. The number of anilines is 1. The van der Waals surface area contributed by atoms with Crippen molar-refractivity contribution in [1.82, 2.24) is 46.2 Å². The van der Waals surface area contributed by atoms with Crippen LogP contribution in [0.25, 0.3) is 0 Å². The van der Waals surface area contributed by atoms with Crippen molar-refractivity contribution in [2.75, 3.05) is 66.5 Å². The number of nitrogens with zero attached hydrogens (tertiary/aromatic N) is 4. The Morgan fingerprint density at radius 2 is 1.31 bits per heavy atom. The zero-order valence-electron chi connectivity index (χ0n) is 66.5. The highest BCUT2D eigenvalue weighted by molar-refractivity contribution is 6.14. The number of ether oxygens (including phenoxy) is 6. The highest BCUT2D eigenvalue weighted by Gasteiger charge is 2.50. The summed E-state index contributed by atoms with van der Waals surface area (Å²) in [6.07, 6.45) is -15.9. The Kier molecular flexibility index (Phi) is 35.6. The topological polar surface area (TPSA) is 507 Å². The summed E-state index contributed by atoms with van der Waals surface area (Å²) in [6.45, 7) is 14.9. The van der Waals surface area contributed by atoms with Gasteiger partial charge in [0.05, 0.1) is 74.0 Å². The molecule has 22 unspecified atom stereocenters. The number of methoxy groups -OCH3 is 2. The molecule has 2 aromatic rings. The van der Waals surface area contributed by atoms with Crippen molar-refractivity contribution < 1.29 is 127 Å². The molecule has 0 spiro atoms. The largest absolute Gasteiger partial charge is 0.481 e. The summed E-state index contributed by atoms with van der Waals surface area (Å²) < 4.78 is 35.3. The van der Waals surface area contributed by atoms with Crippen LogP contribution in [-0.4, -0.2) is 302 Å². The average molecular weight is 1600 g/mol. The second-order valence-corrected chi connectivity index (χ2v) is 30.4. The number of likely N-dealkylation sites (tertiary alicyclic amines) is 1. The van der Waals surface area contributed by atoms with Crippen LogP contribution in [0, 0.1) is 35.5 Å². The molecule has 3 fully saturated rings. The van der Waals surface area contributed by atoms with E-state index in [1.54, 1.807) is 97.7 Å². The van der Waals surface area contributed by atoms with Crippen molar-refractivity contribution in [3.05, 3.63) is 77.9 Å². The molecule has 2 aromatic carbocycles. The number of rotatable bonds is 40. The maximum absolute atomic E-state index is 15.0. The van der Waals surface area contributed by atoms with Crippen molar-refractivity contribution in [2.24, 2.45) is 35.5 Å². The number of carbonyl (C=O) groups excluding carboxylic acids is 11. The lowest BCUT2D eigenvalue weighted by atomic mass is 9.80. The van der Waals surface area contributed by atoms with Crippen LogP contribution in [0.15, 0.2) is 66.7 Å². The van der Waals surface area contributed by atoms with Crippen LogP contribution in [0.1, 0.15) is 125 Å². The van der Waals surface area contributed by atoms with Crippen LogP contribution in [0.3, 0.4) is 0 Å². The predicted octanol–water partition coefficient (Wildman–Crippen LogP) is -1.03. The lowest BCUT2D eigenvalue weighted by molar-refractivity contribution is -0.301. The normalized spacial score (nSPS) is 24.7. The Morgan fingerprint density at radius 1 is 0.681 bits per heavy atom. The Hall–Kier alpha value is -8.66. The third kappa shape index (κ3) is 24.5. The Morgan fingerprint density at radius 3 is 1.88 bits per heavy atom.